The van der Waals surface area contributed by atoms with Gasteiger partial charge in [0.15, 0.2) is 0 Å². The summed E-state index contributed by atoms with van der Waals surface area (Å²) in [6, 6.07) is 11.4. The van der Waals surface area contributed by atoms with E-state index in [1.54, 1.807) is 14.2 Å². The van der Waals surface area contributed by atoms with Crippen molar-refractivity contribution in [3.63, 3.8) is 0 Å². The molecule has 138 valence electrons. The molecule has 0 aliphatic heterocycles. The van der Waals surface area contributed by atoms with Gasteiger partial charge in [-0.2, -0.15) is 0 Å². The van der Waals surface area contributed by atoms with Gasteiger partial charge in [-0.3, -0.25) is 9.59 Å². The summed E-state index contributed by atoms with van der Waals surface area (Å²) < 4.78 is 5.27. The van der Waals surface area contributed by atoms with Crippen LogP contribution in [0.5, 0.6) is 5.75 Å². The first-order chi connectivity index (χ1) is 12.3. The van der Waals surface area contributed by atoms with Gasteiger partial charge in [0.05, 0.1) is 20.1 Å². The number of hydrogen-bond donors (Lipinski definition) is 1. The molecule has 0 spiro atoms. The first-order valence-electron chi connectivity index (χ1n) is 8.55. The molecule has 0 unspecified atom stereocenters. The van der Waals surface area contributed by atoms with Gasteiger partial charge in [0, 0.05) is 18.3 Å². The molecule has 0 atom stereocenters. The molecule has 0 radical (unpaired) electrons. The monoisotopic (exact) mass is 354 g/mol. The van der Waals surface area contributed by atoms with Crippen LogP contribution in [0.2, 0.25) is 0 Å². The van der Waals surface area contributed by atoms with Gasteiger partial charge in [-0.1, -0.05) is 35.9 Å². The second-order valence-electron chi connectivity index (χ2n) is 6.56. The minimum Gasteiger partial charge on any atom is -0.496 e. The average Bonchev–Trinajstić information content (AvgIpc) is 2.58. The Labute approximate surface area is 155 Å². The first kappa shape index (κ1) is 19.5. The lowest BCUT2D eigenvalue weighted by molar-refractivity contribution is -0.132. The predicted octanol–water partition coefficient (Wildman–Crippen LogP) is 3.26. The molecule has 2 rings (SSSR count). The third kappa shape index (κ3) is 4.85. The van der Waals surface area contributed by atoms with Gasteiger partial charge >= 0.3 is 0 Å². The summed E-state index contributed by atoms with van der Waals surface area (Å²) >= 11 is 0. The molecule has 0 saturated carbocycles. The van der Waals surface area contributed by atoms with Crippen LogP contribution in [0.15, 0.2) is 36.4 Å². The number of rotatable bonds is 6. The molecule has 0 fully saturated rings. The number of nitrogens with one attached hydrogen (secondary N) is 1. The van der Waals surface area contributed by atoms with Gasteiger partial charge in [-0.15, -0.1) is 0 Å². The number of hydrogen-bond acceptors (Lipinski definition) is 3. The normalized spacial score (nSPS) is 10.3. The summed E-state index contributed by atoms with van der Waals surface area (Å²) in [4.78, 5) is 26.2. The highest BCUT2D eigenvalue weighted by Gasteiger charge is 2.16. The zero-order chi connectivity index (χ0) is 19.3. The van der Waals surface area contributed by atoms with E-state index >= 15 is 0 Å². The van der Waals surface area contributed by atoms with Crippen molar-refractivity contribution in [2.45, 2.75) is 27.2 Å². The van der Waals surface area contributed by atoms with E-state index in [4.69, 9.17) is 4.74 Å². The Hall–Kier alpha value is -2.82. The van der Waals surface area contributed by atoms with Crippen LogP contribution < -0.4 is 10.1 Å². The maximum Gasteiger partial charge on any atom is 0.243 e. The molecule has 5 nitrogen and oxygen atoms in total. The molecule has 2 aromatic carbocycles. The van der Waals surface area contributed by atoms with Crippen LogP contribution >= 0.6 is 0 Å². The highest BCUT2D eigenvalue weighted by atomic mass is 16.5. The fourth-order valence-corrected chi connectivity index (χ4v) is 3.01. The molecule has 0 aliphatic rings. The van der Waals surface area contributed by atoms with E-state index < -0.39 is 0 Å². The number of amides is 2. The lowest BCUT2D eigenvalue weighted by atomic mass is 10.1. The summed E-state index contributed by atoms with van der Waals surface area (Å²) in [5, 5.41) is 2.92. The summed E-state index contributed by atoms with van der Waals surface area (Å²) in [6.07, 6.45) is 0.191. The predicted molar refractivity (Wildman–Crippen MR) is 104 cm³/mol. The number of methoxy groups -OCH3 is 1. The number of benzene rings is 2. The Morgan fingerprint density at radius 1 is 1.08 bits per heavy atom. The number of carbonyl (C=O) groups is 2. The van der Waals surface area contributed by atoms with Crippen LogP contribution in [0, 0.1) is 20.8 Å². The molecule has 0 heterocycles. The minimum atomic E-state index is -0.212. The summed E-state index contributed by atoms with van der Waals surface area (Å²) in [5.41, 5.74) is 4.79. The second-order valence-corrected chi connectivity index (χ2v) is 6.56. The van der Waals surface area contributed by atoms with Gasteiger partial charge in [0.2, 0.25) is 11.8 Å². The Morgan fingerprint density at radius 2 is 1.69 bits per heavy atom. The van der Waals surface area contributed by atoms with Gasteiger partial charge in [-0.25, -0.2) is 0 Å². The fourth-order valence-electron chi connectivity index (χ4n) is 3.01. The maximum absolute atomic E-state index is 12.4. The van der Waals surface area contributed by atoms with Crippen molar-refractivity contribution in [1.82, 2.24) is 4.90 Å². The van der Waals surface area contributed by atoms with E-state index in [0.717, 1.165) is 27.9 Å². The Balaban J connectivity index is 1.99. The number of anilines is 1. The molecule has 0 aliphatic carbocycles. The van der Waals surface area contributed by atoms with E-state index in [1.807, 2.05) is 57.2 Å². The van der Waals surface area contributed by atoms with Crippen LogP contribution in [0.25, 0.3) is 0 Å². The molecule has 0 bridgehead atoms. The summed E-state index contributed by atoms with van der Waals surface area (Å²) in [5.74, 6) is 0.322. The van der Waals surface area contributed by atoms with E-state index in [2.05, 4.69) is 5.32 Å². The zero-order valence-corrected chi connectivity index (χ0v) is 16.1. The van der Waals surface area contributed by atoms with Crippen molar-refractivity contribution >= 4 is 17.5 Å². The van der Waals surface area contributed by atoms with Crippen molar-refractivity contribution in [2.75, 3.05) is 26.0 Å². The number of carbonyl (C=O) groups excluding carboxylic acids is 2. The van der Waals surface area contributed by atoms with Crippen molar-refractivity contribution in [1.29, 1.82) is 0 Å². The molecule has 2 aromatic rings. The van der Waals surface area contributed by atoms with Crippen molar-refractivity contribution < 1.29 is 14.3 Å². The van der Waals surface area contributed by atoms with Crippen molar-refractivity contribution in [3.05, 3.63) is 58.7 Å². The third-order valence-corrected chi connectivity index (χ3v) is 4.28. The number of likely N-dealkylation sites (N-methyl/N-ethyl adjacent to an activating group) is 1. The average molecular weight is 354 g/mol. The minimum absolute atomic E-state index is 0.000733. The van der Waals surface area contributed by atoms with E-state index in [0.29, 0.717) is 5.75 Å². The van der Waals surface area contributed by atoms with Crippen LogP contribution in [0.1, 0.15) is 22.3 Å². The number of para-hydroxylation sites is 1. The molecule has 5 heteroatoms. The molecular weight excluding hydrogens is 328 g/mol. The maximum atomic E-state index is 12.4. The Kier molecular flexibility index (Phi) is 6.39. The van der Waals surface area contributed by atoms with Crippen LogP contribution in [-0.4, -0.2) is 37.4 Å². The number of ether oxygens (including phenoxy) is 1. The highest BCUT2D eigenvalue weighted by Crippen LogP contribution is 2.22. The molecule has 26 heavy (non-hydrogen) atoms. The smallest absolute Gasteiger partial charge is 0.243 e. The molecular formula is C21H26N2O3. The van der Waals surface area contributed by atoms with Gasteiger partial charge < -0.3 is 15.0 Å². The Bertz CT molecular complexity index is 792. The molecule has 2 amide bonds. The largest absolute Gasteiger partial charge is 0.496 e. The molecule has 0 saturated heterocycles. The second kappa shape index (κ2) is 8.52. The van der Waals surface area contributed by atoms with Gasteiger partial charge in [0.1, 0.15) is 5.75 Å². The first-order valence-corrected chi connectivity index (χ1v) is 8.55. The van der Waals surface area contributed by atoms with Crippen LogP contribution in [0.3, 0.4) is 0 Å². The van der Waals surface area contributed by atoms with Crippen LogP contribution in [0.4, 0.5) is 5.69 Å². The quantitative estimate of drug-likeness (QED) is 0.866. The van der Waals surface area contributed by atoms with Gasteiger partial charge in [0.25, 0.3) is 0 Å². The summed E-state index contributed by atoms with van der Waals surface area (Å²) in [7, 11) is 3.21. The standard InChI is InChI=1S/C21H26N2O3/c1-14-10-15(2)21(16(3)11-14)22-19(24)13-23(4)20(25)12-17-8-6-7-9-18(17)26-5/h6-11H,12-13H2,1-5H3,(H,22,24). The fraction of sp³-hybridized carbons (Fsp3) is 0.333. The Morgan fingerprint density at radius 3 is 2.31 bits per heavy atom. The van der Waals surface area contributed by atoms with E-state index in [9.17, 15) is 9.59 Å². The van der Waals surface area contributed by atoms with Crippen molar-refractivity contribution in [3.8, 4) is 5.75 Å². The lowest BCUT2D eigenvalue weighted by Gasteiger charge is -2.19. The molecule has 1 N–H and O–H groups in total. The highest BCUT2D eigenvalue weighted by molar-refractivity contribution is 5.96. The van der Waals surface area contributed by atoms with E-state index in [-0.39, 0.29) is 24.8 Å². The number of aryl methyl sites for hydroxylation is 3. The number of nitrogens with zero attached hydrogens (tertiary/aromatic N) is 1. The zero-order valence-electron chi connectivity index (χ0n) is 16.1. The summed E-state index contributed by atoms with van der Waals surface area (Å²) in [6.45, 7) is 5.95. The van der Waals surface area contributed by atoms with E-state index in [1.165, 1.54) is 4.90 Å². The van der Waals surface area contributed by atoms with Crippen molar-refractivity contribution in [2.24, 2.45) is 0 Å². The topological polar surface area (TPSA) is 58.6 Å². The van der Waals surface area contributed by atoms with Gasteiger partial charge in [-0.05, 0) is 38.0 Å². The lowest BCUT2D eigenvalue weighted by Crippen LogP contribution is -2.36. The molecule has 0 aromatic heterocycles. The SMILES string of the molecule is COc1ccccc1CC(=O)N(C)CC(=O)Nc1c(C)cc(C)cc1C. The third-order valence-electron chi connectivity index (χ3n) is 4.28. The van der Waals surface area contributed by atoms with Crippen LogP contribution in [-0.2, 0) is 16.0 Å².